The number of cyclic esters (lactones) is 1. The molecule has 0 saturated heterocycles. The summed E-state index contributed by atoms with van der Waals surface area (Å²) in [7, 11) is 0. The van der Waals surface area contributed by atoms with Crippen molar-refractivity contribution in [1.82, 2.24) is 5.32 Å². The molecule has 1 heterocycles. The zero-order chi connectivity index (χ0) is 13.1. The molecule has 0 unspecified atom stereocenters. The van der Waals surface area contributed by atoms with E-state index in [2.05, 4.69) is 15.4 Å². The van der Waals surface area contributed by atoms with Crippen molar-refractivity contribution in [2.45, 2.75) is 0 Å². The second-order valence-electron chi connectivity index (χ2n) is 3.48. The minimum absolute atomic E-state index is 0.0435. The van der Waals surface area contributed by atoms with Crippen molar-refractivity contribution in [1.29, 1.82) is 0 Å². The lowest BCUT2D eigenvalue weighted by Gasteiger charge is -2.08. The molecule has 18 heavy (non-hydrogen) atoms. The normalized spacial score (nSPS) is 13.9. The number of rotatable bonds is 2. The van der Waals surface area contributed by atoms with Crippen LogP contribution >= 0.6 is 0 Å². The summed E-state index contributed by atoms with van der Waals surface area (Å²) < 4.78 is 30.4. The van der Waals surface area contributed by atoms with E-state index in [-0.39, 0.29) is 18.0 Å². The van der Waals surface area contributed by atoms with Crippen LogP contribution < -0.4 is 10.6 Å². The Labute approximate surface area is 100 Å². The van der Waals surface area contributed by atoms with Crippen LogP contribution in [0.1, 0.15) is 0 Å². The Morgan fingerprint density at radius 1 is 1.28 bits per heavy atom. The molecule has 2 rings (SSSR count). The SMILES string of the molecule is O=C(NC1=CC(=O)OC1)Nc1ccc(F)cc1F. The molecule has 0 spiro atoms. The highest BCUT2D eigenvalue weighted by Crippen LogP contribution is 2.14. The number of hydrogen-bond donors (Lipinski definition) is 2. The molecule has 2 amide bonds. The first kappa shape index (κ1) is 12.0. The molecule has 0 aliphatic carbocycles. The summed E-state index contributed by atoms with van der Waals surface area (Å²) in [5.74, 6) is -2.19. The number of carbonyl (C=O) groups is 2. The van der Waals surface area contributed by atoms with Gasteiger partial charge in [0.1, 0.15) is 18.2 Å². The number of ether oxygens (including phenoxy) is 1. The Morgan fingerprint density at radius 2 is 2.06 bits per heavy atom. The van der Waals surface area contributed by atoms with Crippen LogP contribution in [0.2, 0.25) is 0 Å². The lowest BCUT2D eigenvalue weighted by molar-refractivity contribution is -0.134. The summed E-state index contributed by atoms with van der Waals surface area (Å²) in [6.45, 7) is -0.0435. The molecule has 1 aliphatic heterocycles. The van der Waals surface area contributed by atoms with E-state index >= 15 is 0 Å². The summed E-state index contributed by atoms with van der Waals surface area (Å²) in [5.41, 5.74) is 0.0970. The van der Waals surface area contributed by atoms with E-state index in [1.807, 2.05) is 0 Å². The van der Waals surface area contributed by atoms with Crippen LogP contribution in [0.5, 0.6) is 0 Å². The van der Waals surface area contributed by atoms with Crippen molar-refractivity contribution in [3.63, 3.8) is 0 Å². The quantitative estimate of drug-likeness (QED) is 0.786. The highest BCUT2D eigenvalue weighted by molar-refractivity contribution is 5.92. The number of hydrogen-bond acceptors (Lipinski definition) is 3. The summed E-state index contributed by atoms with van der Waals surface area (Å²) in [5, 5.41) is 4.48. The minimum Gasteiger partial charge on any atom is -0.456 e. The fourth-order valence-electron chi connectivity index (χ4n) is 1.34. The third-order valence-corrected chi connectivity index (χ3v) is 2.12. The fraction of sp³-hybridized carbons (Fsp3) is 0.0909. The van der Waals surface area contributed by atoms with Crippen molar-refractivity contribution in [3.8, 4) is 0 Å². The third-order valence-electron chi connectivity index (χ3n) is 2.12. The molecule has 0 aromatic heterocycles. The number of benzene rings is 1. The van der Waals surface area contributed by atoms with Gasteiger partial charge >= 0.3 is 12.0 Å². The number of urea groups is 1. The molecule has 94 valence electrons. The smallest absolute Gasteiger partial charge is 0.333 e. The van der Waals surface area contributed by atoms with Crippen molar-refractivity contribution in [2.24, 2.45) is 0 Å². The number of anilines is 1. The van der Waals surface area contributed by atoms with Crippen LogP contribution in [0.4, 0.5) is 19.3 Å². The number of amides is 2. The second kappa shape index (κ2) is 4.82. The standard InChI is InChI=1S/C11H8F2N2O3/c12-6-1-2-9(8(13)3-6)15-11(17)14-7-4-10(16)18-5-7/h1-4H,5H2,(H2,14,15,17). The van der Waals surface area contributed by atoms with Gasteiger partial charge in [-0.1, -0.05) is 0 Å². The average Bonchev–Trinajstić information content (AvgIpc) is 2.68. The van der Waals surface area contributed by atoms with Crippen LogP contribution in [0.3, 0.4) is 0 Å². The third kappa shape index (κ3) is 2.82. The predicted octanol–water partition coefficient (Wildman–Crippen LogP) is 1.53. The highest BCUT2D eigenvalue weighted by atomic mass is 19.1. The largest absolute Gasteiger partial charge is 0.456 e. The topological polar surface area (TPSA) is 67.4 Å². The second-order valence-corrected chi connectivity index (χ2v) is 3.48. The van der Waals surface area contributed by atoms with Gasteiger partial charge < -0.3 is 15.4 Å². The summed E-state index contributed by atoms with van der Waals surface area (Å²) in [4.78, 5) is 22.1. The first-order valence-electron chi connectivity index (χ1n) is 4.95. The van der Waals surface area contributed by atoms with E-state index in [0.717, 1.165) is 18.2 Å². The van der Waals surface area contributed by atoms with Crippen LogP contribution in [0.25, 0.3) is 0 Å². The predicted molar refractivity (Wildman–Crippen MR) is 57.6 cm³/mol. The Bertz CT molecular complexity index is 543. The van der Waals surface area contributed by atoms with E-state index in [4.69, 9.17) is 0 Å². The van der Waals surface area contributed by atoms with Gasteiger partial charge in [-0.05, 0) is 12.1 Å². The molecule has 1 aromatic rings. The average molecular weight is 254 g/mol. The van der Waals surface area contributed by atoms with Gasteiger partial charge in [0.05, 0.1) is 11.4 Å². The first-order valence-corrected chi connectivity index (χ1v) is 4.95. The van der Waals surface area contributed by atoms with Gasteiger partial charge in [0.15, 0.2) is 0 Å². The maximum Gasteiger partial charge on any atom is 0.333 e. The summed E-state index contributed by atoms with van der Waals surface area (Å²) in [6.07, 6.45) is 1.11. The van der Waals surface area contributed by atoms with Crippen LogP contribution in [0, 0.1) is 11.6 Å². The zero-order valence-corrected chi connectivity index (χ0v) is 9.00. The number of nitrogens with one attached hydrogen (secondary N) is 2. The molecular formula is C11H8F2N2O3. The number of esters is 1. The lowest BCUT2D eigenvalue weighted by Crippen LogP contribution is -2.29. The van der Waals surface area contributed by atoms with Gasteiger partial charge in [-0.15, -0.1) is 0 Å². The van der Waals surface area contributed by atoms with Crippen molar-refractivity contribution in [3.05, 3.63) is 41.6 Å². The van der Waals surface area contributed by atoms with Gasteiger partial charge in [0.25, 0.3) is 0 Å². The Balaban J connectivity index is 1.99. The maximum absolute atomic E-state index is 13.2. The fourth-order valence-corrected chi connectivity index (χ4v) is 1.34. The maximum atomic E-state index is 13.2. The van der Waals surface area contributed by atoms with Crippen LogP contribution in [-0.2, 0) is 9.53 Å². The number of carbonyl (C=O) groups excluding carboxylic acids is 2. The Hall–Kier alpha value is -2.44. The Morgan fingerprint density at radius 3 is 2.67 bits per heavy atom. The van der Waals surface area contributed by atoms with Crippen molar-refractivity contribution in [2.75, 3.05) is 11.9 Å². The minimum atomic E-state index is -0.891. The van der Waals surface area contributed by atoms with E-state index in [1.165, 1.54) is 0 Å². The molecule has 1 aliphatic rings. The van der Waals surface area contributed by atoms with Gasteiger partial charge in [0, 0.05) is 12.1 Å². The molecule has 0 saturated carbocycles. The van der Waals surface area contributed by atoms with Gasteiger partial charge in [-0.25, -0.2) is 18.4 Å². The zero-order valence-electron chi connectivity index (χ0n) is 9.00. The van der Waals surface area contributed by atoms with Crippen molar-refractivity contribution >= 4 is 17.7 Å². The molecule has 0 atom stereocenters. The molecule has 7 heteroatoms. The van der Waals surface area contributed by atoms with Gasteiger partial charge in [-0.3, -0.25) is 0 Å². The highest BCUT2D eigenvalue weighted by Gasteiger charge is 2.15. The molecule has 0 fully saturated rings. The van der Waals surface area contributed by atoms with E-state index < -0.39 is 23.6 Å². The van der Waals surface area contributed by atoms with E-state index in [9.17, 15) is 18.4 Å². The molecule has 1 aromatic carbocycles. The van der Waals surface area contributed by atoms with Gasteiger partial charge in [-0.2, -0.15) is 0 Å². The van der Waals surface area contributed by atoms with E-state index in [0.29, 0.717) is 6.07 Å². The van der Waals surface area contributed by atoms with Crippen molar-refractivity contribution < 1.29 is 23.1 Å². The van der Waals surface area contributed by atoms with Crippen LogP contribution in [0.15, 0.2) is 30.0 Å². The molecule has 0 radical (unpaired) electrons. The number of halogens is 2. The summed E-state index contributed by atoms with van der Waals surface area (Å²) >= 11 is 0. The van der Waals surface area contributed by atoms with Gasteiger partial charge in [0.2, 0.25) is 0 Å². The molecular weight excluding hydrogens is 246 g/mol. The van der Waals surface area contributed by atoms with Crippen LogP contribution in [-0.4, -0.2) is 18.6 Å². The summed E-state index contributed by atoms with van der Waals surface area (Å²) in [6, 6.07) is 2.01. The molecule has 2 N–H and O–H groups in total. The first-order chi connectivity index (χ1) is 8.54. The van der Waals surface area contributed by atoms with E-state index in [1.54, 1.807) is 0 Å². The Kier molecular flexibility index (Phi) is 3.22. The molecule has 5 nitrogen and oxygen atoms in total. The molecule has 0 bridgehead atoms. The lowest BCUT2D eigenvalue weighted by atomic mass is 10.3. The monoisotopic (exact) mass is 254 g/mol.